The summed E-state index contributed by atoms with van der Waals surface area (Å²) in [6.45, 7) is -0.482. The van der Waals surface area contributed by atoms with Gasteiger partial charge in [-0.2, -0.15) is 0 Å². The average Bonchev–Trinajstić information content (AvgIpc) is 3.20. The number of ether oxygens (including phenoxy) is 3. The number of nitrogens with zero attached hydrogens (tertiary/aromatic N) is 1. The number of hydrogen-bond acceptors (Lipinski definition) is 7. The molecule has 0 saturated heterocycles. The first-order valence-electron chi connectivity index (χ1n) is 8.40. The zero-order valence-electron chi connectivity index (χ0n) is 15.6. The lowest BCUT2D eigenvalue weighted by atomic mass is 10.2. The Bertz CT molecular complexity index is 998. The molecule has 0 aliphatic heterocycles. The lowest BCUT2D eigenvalue weighted by Gasteiger charge is -2.08. The summed E-state index contributed by atoms with van der Waals surface area (Å²) in [6, 6.07) is 10.4. The number of aromatic nitrogens is 1. The van der Waals surface area contributed by atoms with Crippen LogP contribution in [0, 0.1) is 5.82 Å². The van der Waals surface area contributed by atoms with E-state index in [1.165, 1.54) is 49.8 Å². The summed E-state index contributed by atoms with van der Waals surface area (Å²) in [5.41, 5.74) is 1.52. The van der Waals surface area contributed by atoms with E-state index in [9.17, 15) is 14.0 Å². The largest absolute Gasteiger partial charge is 0.497 e. The van der Waals surface area contributed by atoms with Crippen molar-refractivity contribution in [2.45, 2.75) is 0 Å². The van der Waals surface area contributed by atoms with Gasteiger partial charge in [-0.1, -0.05) is 0 Å². The quantitative estimate of drug-likeness (QED) is 0.590. The molecular weight excluding hydrogens is 399 g/mol. The van der Waals surface area contributed by atoms with Gasteiger partial charge in [-0.05, 0) is 36.4 Å². The first-order valence-corrected chi connectivity index (χ1v) is 9.28. The van der Waals surface area contributed by atoms with Crippen molar-refractivity contribution >= 4 is 28.3 Å². The molecule has 0 atom stereocenters. The highest BCUT2D eigenvalue weighted by Crippen LogP contribution is 2.25. The zero-order valence-corrected chi connectivity index (χ0v) is 16.4. The molecule has 1 heterocycles. The third-order valence-corrected chi connectivity index (χ3v) is 4.57. The summed E-state index contributed by atoms with van der Waals surface area (Å²) in [7, 11) is 2.93. The van der Waals surface area contributed by atoms with Crippen LogP contribution in [0.5, 0.6) is 11.5 Å². The Balaban J connectivity index is 1.57. The third-order valence-electron chi connectivity index (χ3n) is 3.81. The topological polar surface area (TPSA) is 86.8 Å². The first-order chi connectivity index (χ1) is 14.0. The van der Waals surface area contributed by atoms with E-state index < -0.39 is 18.5 Å². The highest BCUT2D eigenvalue weighted by molar-refractivity contribution is 7.14. The molecule has 0 saturated carbocycles. The van der Waals surface area contributed by atoms with E-state index in [-0.39, 0.29) is 11.4 Å². The molecular formula is C20H17FN2O5S. The van der Waals surface area contributed by atoms with E-state index in [4.69, 9.17) is 14.2 Å². The van der Waals surface area contributed by atoms with Crippen LogP contribution in [0.25, 0.3) is 11.3 Å². The Labute approximate surface area is 170 Å². The average molecular weight is 416 g/mol. The van der Waals surface area contributed by atoms with Crippen molar-refractivity contribution in [1.82, 2.24) is 4.98 Å². The molecule has 3 rings (SSSR count). The first kappa shape index (κ1) is 20.3. The van der Waals surface area contributed by atoms with Crippen LogP contribution in [0.15, 0.2) is 47.8 Å². The van der Waals surface area contributed by atoms with Crippen LogP contribution in [-0.2, 0) is 9.53 Å². The molecule has 1 aromatic heterocycles. The van der Waals surface area contributed by atoms with Gasteiger partial charge >= 0.3 is 5.97 Å². The second-order valence-corrected chi connectivity index (χ2v) is 6.63. The minimum absolute atomic E-state index is 0.196. The molecule has 0 radical (unpaired) electrons. The van der Waals surface area contributed by atoms with Gasteiger partial charge in [0.05, 0.1) is 25.5 Å². The van der Waals surface area contributed by atoms with Gasteiger partial charge < -0.3 is 14.2 Å². The fraction of sp³-hybridized carbons (Fsp3) is 0.150. The van der Waals surface area contributed by atoms with Gasteiger partial charge in [-0.15, -0.1) is 11.3 Å². The second kappa shape index (κ2) is 9.16. The number of carbonyl (C=O) groups is 2. The molecule has 3 aromatic rings. The summed E-state index contributed by atoms with van der Waals surface area (Å²) in [6.07, 6.45) is 0. The number of thiazole rings is 1. The van der Waals surface area contributed by atoms with Gasteiger partial charge in [0, 0.05) is 17.0 Å². The minimum atomic E-state index is -0.691. The van der Waals surface area contributed by atoms with Crippen LogP contribution in [0.4, 0.5) is 9.52 Å². The van der Waals surface area contributed by atoms with Crippen LogP contribution >= 0.6 is 11.3 Å². The normalized spacial score (nSPS) is 10.3. The molecule has 1 amide bonds. The van der Waals surface area contributed by atoms with E-state index in [0.717, 1.165) is 5.56 Å². The number of benzene rings is 2. The van der Waals surface area contributed by atoms with Gasteiger partial charge in [0.1, 0.15) is 17.3 Å². The molecule has 29 heavy (non-hydrogen) atoms. The summed E-state index contributed by atoms with van der Waals surface area (Å²) in [4.78, 5) is 28.5. The van der Waals surface area contributed by atoms with Crippen molar-refractivity contribution < 1.29 is 28.2 Å². The van der Waals surface area contributed by atoms with Gasteiger partial charge in [0.15, 0.2) is 11.7 Å². The number of esters is 1. The number of nitrogens with one attached hydrogen (secondary N) is 1. The molecule has 0 spiro atoms. The number of methoxy groups -OCH3 is 2. The Morgan fingerprint density at radius 1 is 1.07 bits per heavy atom. The molecule has 2 aromatic carbocycles. The molecule has 0 aliphatic rings. The maximum absolute atomic E-state index is 13.0. The van der Waals surface area contributed by atoms with Crippen LogP contribution in [-0.4, -0.2) is 37.7 Å². The highest BCUT2D eigenvalue weighted by atomic mass is 32.1. The van der Waals surface area contributed by atoms with Crippen LogP contribution in [0.3, 0.4) is 0 Å². The van der Waals surface area contributed by atoms with Crippen molar-refractivity contribution in [3.63, 3.8) is 0 Å². The van der Waals surface area contributed by atoms with E-state index in [2.05, 4.69) is 10.3 Å². The van der Waals surface area contributed by atoms with E-state index in [1.54, 1.807) is 23.6 Å². The number of anilines is 1. The lowest BCUT2D eigenvalue weighted by molar-refractivity contribution is -0.119. The van der Waals surface area contributed by atoms with Gasteiger partial charge in [0.25, 0.3) is 5.91 Å². The Hall–Kier alpha value is -3.46. The maximum atomic E-state index is 13.0. The van der Waals surface area contributed by atoms with E-state index >= 15 is 0 Å². The van der Waals surface area contributed by atoms with Crippen molar-refractivity contribution in [3.8, 4) is 22.8 Å². The van der Waals surface area contributed by atoms with Crippen LogP contribution in [0.1, 0.15) is 10.4 Å². The van der Waals surface area contributed by atoms with Crippen molar-refractivity contribution in [1.29, 1.82) is 0 Å². The number of halogens is 1. The zero-order chi connectivity index (χ0) is 20.8. The maximum Gasteiger partial charge on any atom is 0.338 e. The standard InChI is InChI=1S/C20H17FN2O5S/c1-26-15-7-13(8-16(9-15)27-2)19(25)28-10-18(24)23-20-22-17(11-29-20)12-3-5-14(21)6-4-12/h3-9,11H,10H2,1-2H3,(H,22,23,24). The van der Waals surface area contributed by atoms with Gasteiger partial charge in [-0.3, -0.25) is 10.1 Å². The fourth-order valence-corrected chi connectivity index (χ4v) is 3.12. The minimum Gasteiger partial charge on any atom is -0.497 e. The SMILES string of the molecule is COc1cc(OC)cc(C(=O)OCC(=O)Nc2nc(-c3ccc(F)cc3)cs2)c1. The molecule has 7 nitrogen and oxygen atoms in total. The number of carbonyl (C=O) groups excluding carboxylic acids is 2. The summed E-state index contributed by atoms with van der Waals surface area (Å²) < 4.78 is 28.3. The summed E-state index contributed by atoms with van der Waals surface area (Å²) in [5.74, 6) is -0.710. The lowest BCUT2D eigenvalue weighted by Crippen LogP contribution is -2.20. The predicted molar refractivity (Wildman–Crippen MR) is 106 cm³/mol. The summed E-state index contributed by atoms with van der Waals surface area (Å²) in [5, 5.41) is 4.64. The van der Waals surface area contributed by atoms with Gasteiger partial charge in [0.2, 0.25) is 0 Å². The smallest absolute Gasteiger partial charge is 0.338 e. The van der Waals surface area contributed by atoms with E-state index in [0.29, 0.717) is 22.3 Å². The van der Waals surface area contributed by atoms with E-state index in [1.807, 2.05) is 0 Å². The van der Waals surface area contributed by atoms with Crippen molar-refractivity contribution in [2.75, 3.05) is 26.1 Å². The van der Waals surface area contributed by atoms with Crippen molar-refractivity contribution in [2.24, 2.45) is 0 Å². The van der Waals surface area contributed by atoms with Gasteiger partial charge in [-0.25, -0.2) is 14.2 Å². The number of amides is 1. The molecule has 0 bridgehead atoms. The Morgan fingerprint density at radius 2 is 1.72 bits per heavy atom. The predicted octanol–water partition coefficient (Wildman–Crippen LogP) is 3.76. The monoisotopic (exact) mass is 416 g/mol. The summed E-state index contributed by atoms with van der Waals surface area (Å²) >= 11 is 1.21. The second-order valence-electron chi connectivity index (χ2n) is 5.77. The molecule has 1 N–H and O–H groups in total. The molecule has 9 heteroatoms. The van der Waals surface area contributed by atoms with Crippen LogP contribution in [0.2, 0.25) is 0 Å². The number of hydrogen-bond donors (Lipinski definition) is 1. The third kappa shape index (κ3) is 5.29. The Morgan fingerprint density at radius 3 is 2.34 bits per heavy atom. The van der Waals surface area contributed by atoms with Crippen molar-refractivity contribution in [3.05, 3.63) is 59.2 Å². The number of rotatable bonds is 7. The Kier molecular flexibility index (Phi) is 6.40. The highest BCUT2D eigenvalue weighted by Gasteiger charge is 2.14. The molecule has 0 aliphatic carbocycles. The molecule has 150 valence electrons. The van der Waals surface area contributed by atoms with Crippen LogP contribution < -0.4 is 14.8 Å². The molecule has 0 fully saturated rings. The fourth-order valence-electron chi connectivity index (χ4n) is 2.38. The molecule has 0 unspecified atom stereocenters.